The van der Waals surface area contributed by atoms with Gasteiger partial charge in [0.05, 0.1) is 0 Å². The van der Waals surface area contributed by atoms with Crippen molar-refractivity contribution >= 4 is 88.7 Å². The number of unbranched alkanes of at least 4 members (excludes halogenated alkanes) is 6. The third-order valence-electron chi connectivity index (χ3n) is 11.3. The Balaban J connectivity index is 1.33. The van der Waals surface area contributed by atoms with Gasteiger partial charge >= 0.3 is 0 Å². The van der Waals surface area contributed by atoms with E-state index in [1.165, 1.54) is 88.1 Å². The number of fused-ring (bicyclic) bond motifs is 7. The summed E-state index contributed by atoms with van der Waals surface area (Å²) in [7, 11) is 2.12. The van der Waals surface area contributed by atoms with Crippen molar-refractivity contribution in [3.63, 3.8) is 0 Å². The van der Waals surface area contributed by atoms with Crippen LogP contribution in [0.25, 0.3) is 34.6 Å². The first-order valence-corrected chi connectivity index (χ1v) is 25.0. The summed E-state index contributed by atoms with van der Waals surface area (Å²) in [5.74, 6) is 0.528. The Hall–Kier alpha value is -3.69. The zero-order valence-electron chi connectivity index (χ0n) is 32.2. The first-order chi connectivity index (χ1) is 26.1. The molecule has 6 heterocycles. The van der Waals surface area contributed by atoms with Gasteiger partial charge in [0.1, 0.15) is 37.5 Å². The molecule has 0 fully saturated rings. The minimum Gasteiger partial charge on any atom is -0.480 e. The number of rotatable bonds is 14. The maximum Gasteiger partial charge on any atom is 0.172 e. The van der Waals surface area contributed by atoms with Gasteiger partial charge in [-0.1, -0.05) is 83.4 Å². The third kappa shape index (κ3) is 6.78. The second-order valence-corrected chi connectivity index (χ2v) is 23.9. The monoisotopic (exact) mass is 804 g/mol. The van der Waals surface area contributed by atoms with E-state index in [9.17, 15) is 15.8 Å². The van der Waals surface area contributed by atoms with Gasteiger partial charge in [0.2, 0.25) is 0 Å². The Kier molecular flexibility index (Phi) is 11.3. The molecule has 0 N–H and O–H groups in total. The summed E-state index contributed by atoms with van der Waals surface area (Å²) < 4.78 is 12.0. The number of allylic oxidation sites excluding steroid dienone is 5. The molecule has 0 spiro atoms. The fourth-order valence-electron chi connectivity index (χ4n) is 8.52. The minimum atomic E-state index is -2.12. The first kappa shape index (κ1) is 38.6. The summed E-state index contributed by atoms with van der Waals surface area (Å²) in [6.07, 6.45) is 22.5. The van der Waals surface area contributed by atoms with Gasteiger partial charge in [0.25, 0.3) is 0 Å². The molecule has 1 aliphatic carbocycles. The molecule has 5 nitrogen and oxygen atoms in total. The van der Waals surface area contributed by atoms with Crippen molar-refractivity contribution in [2.75, 3.05) is 14.1 Å². The van der Waals surface area contributed by atoms with Gasteiger partial charge in [-0.15, -0.1) is 45.3 Å². The van der Waals surface area contributed by atoms with Crippen LogP contribution < -0.4 is 10.4 Å². The molecule has 10 heteroatoms. The van der Waals surface area contributed by atoms with E-state index in [-0.39, 0.29) is 16.9 Å². The lowest BCUT2D eigenvalue weighted by molar-refractivity contribution is 0.0954. The average Bonchev–Trinajstić information content (AvgIpc) is 3.98. The predicted octanol–water partition coefficient (Wildman–Crippen LogP) is 12.4. The summed E-state index contributed by atoms with van der Waals surface area (Å²) in [6.45, 7) is 8.40. The second-order valence-electron chi connectivity index (χ2n) is 15.5. The summed E-state index contributed by atoms with van der Waals surface area (Å²) in [4.78, 5) is 8.00. The molecule has 3 aliphatic rings. The first-order valence-electron chi connectivity index (χ1n) is 19.4. The molecule has 1 unspecified atom stereocenters. The molecule has 54 heavy (non-hydrogen) atoms. The van der Waals surface area contributed by atoms with Crippen LogP contribution in [0.2, 0.25) is 12.1 Å². The second kappa shape index (κ2) is 15.8. The molecular weight excluding hydrogens is 757 g/mol. The molecule has 4 aromatic heterocycles. The van der Waals surface area contributed by atoms with Crippen molar-refractivity contribution in [2.45, 2.75) is 109 Å². The van der Waals surface area contributed by atoms with Gasteiger partial charge < -0.3 is 9.64 Å². The molecule has 0 saturated heterocycles. The highest BCUT2D eigenvalue weighted by Gasteiger charge is 2.50. The molecule has 0 radical (unpaired) electrons. The molecule has 2 aliphatic heterocycles. The zero-order valence-corrected chi connectivity index (χ0v) is 36.5. The van der Waals surface area contributed by atoms with Crippen molar-refractivity contribution in [1.29, 1.82) is 15.8 Å². The lowest BCUT2D eigenvalue weighted by Crippen LogP contribution is -2.54. The van der Waals surface area contributed by atoms with Crippen LogP contribution in [-0.2, 0) is 4.74 Å². The van der Waals surface area contributed by atoms with Crippen molar-refractivity contribution in [1.82, 2.24) is 4.90 Å². The highest BCUT2D eigenvalue weighted by molar-refractivity contribution is 7.41. The van der Waals surface area contributed by atoms with E-state index < -0.39 is 13.7 Å². The Labute approximate surface area is 337 Å². The van der Waals surface area contributed by atoms with E-state index in [0.717, 1.165) is 11.3 Å². The zero-order chi connectivity index (χ0) is 38.2. The van der Waals surface area contributed by atoms with Crippen LogP contribution in [-0.4, -0.2) is 32.7 Å². The van der Waals surface area contributed by atoms with Crippen molar-refractivity contribution in [2.24, 2.45) is 0 Å². The topological polar surface area (TPSA) is 83.8 Å². The van der Waals surface area contributed by atoms with Crippen LogP contribution in [0.1, 0.15) is 101 Å². The van der Waals surface area contributed by atoms with Crippen LogP contribution in [0.3, 0.4) is 0 Å². The Morgan fingerprint density at radius 3 is 2.06 bits per heavy atom. The van der Waals surface area contributed by atoms with Crippen LogP contribution in [0, 0.1) is 34.0 Å². The highest BCUT2D eigenvalue weighted by Crippen LogP contribution is 2.52. The number of nitrogens with zero attached hydrogens (tertiary/aromatic N) is 4. The standard InChI is InChI=1S/C44H48N4OS4Si/c1-7-9-11-13-21-54(22-14-12-10-8-2)42-38-35(23-31(50-38)19-20-33-32(27-47)37(29(25-45)26-46)49-44(33,3)4)52-40(42)41-43(54)39-36(53-41)24-34(51-39)28-15-17-30(18-16-28)48(5)6/h15,17-20,23-24,28H,7-14,16,21-22H2,1-6H3/b20-19+. The molecule has 1 atom stereocenters. The van der Waals surface area contributed by atoms with E-state index in [0.29, 0.717) is 11.5 Å². The maximum absolute atomic E-state index is 10.1. The van der Waals surface area contributed by atoms with E-state index >= 15 is 0 Å². The molecule has 4 aromatic rings. The fraction of sp³-hybridized carbons (Fsp3) is 0.432. The van der Waals surface area contributed by atoms with Crippen molar-refractivity contribution < 1.29 is 4.74 Å². The summed E-state index contributed by atoms with van der Waals surface area (Å²) >= 11 is 8.06. The fourth-order valence-corrected chi connectivity index (χ4v) is 22.3. The van der Waals surface area contributed by atoms with Crippen LogP contribution in [0.15, 0.2) is 64.6 Å². The lowest BCUT2D eigenvalue weighted by Gasteiger charge is -2.29. The van der Waals surface area contributed by atoms with Crippen molar-refractivity contribution in [3.05, 3.63) is 74.4 Å². The van der Waals surface area contributed by atoms with Gasteiger partial charge in [-0.05, 0) is 67.0 Å². The Morgan fingerprint density at radius 1 is 0.870 bits per heavy atom. The predicted molar refractivity (Wildman–Crippen MR) is 235 cm³/mol. The summed E-state index contributed by atoms with van der Waals surface area (Å²) in [5, 5.41) is 32.7. The van der Waals surface area contributed by atoms with Gasteiger partial charge in [0.15, 0.2) is 11.3 Å². The highest BCUT2D eigenvalue weighted by atomic mass is 32.1. The molecule has 0 amide bonds. The normalized spacial score (nSPS) is 18.2. The van der Waals surface area contributed by atoms with Gasteiger partial charge in [-0.3, -0.25) is 0 Å². The molecule has 0 aromatic carbocycles. The number of ether oxygens (including phenoxy) is 1. The number of hydrogen-bond donors (Lipinski definition) is 0. The number of thiophene rings is 4. The van der Waals surface area contributed by atoms with Crippen LogP contribution in [0.5, 0.6) is 0 Å². The molecule has 0 bridgehead atoms. The van der Waals surface area contributed by atoms with Gasteiger partial charge in [-0.2, -0.15) is 15.8 Å². The lowest BCUT2D eigenvalue weighted by atomic mass is 9.94. The van der Waals surface area contributed by atoms with Crippen LogP contribution >= 0.6 is 45.3 Å². The molecular formula is C44H48N4OS4Si. The van der Waals surface area contributed by atoms with Crippen molar-refractivity contribution in [3.8, 4) is 28.0 Å². The summed E-state index contributed by atoms with van der Waals surface area (Å²) in [5.41, 5.74) is 1.26. The number of hydrogen-bond acceptors (Lipinski definition) is 9. The van der Waals surface area contributed by atoms with Gasteiger partial charge in [0, 0.05) is 69.6 Å². The molecule has 0 saturated carbocycles. The molecule has 7 rings (SSSR count). The van der Waals surface area contributed by atoms with E-state index in [1.54, 1.807) is 24.8 Å². The minimum absolute atomic E-state index is 0.0857. The number of likely N-dealkylation sites (N-methyl/N-ethyl adjacent to an activating group) is 1. The molecule has 278 valence electrons. The van der Waals surface area contributed by atoms with E-state index in [4.69, 9.17) is 4.74 Å². The van der Waals surface area contributed by atoms with E-state index in [1.807, 2.05) is 54.7 Å². The average molecular weight is 805 g/mol. The summed E-state index contributed by atoms with van der Waals surface area (Å²) in [6, 6.07) is 13.6. The Morgan fingerprint density at radius 2 is 1.50 bits per heavy atom. The Bertz CT molecular complexity index is 2360. The number of nitriles is 3. The van der Waals surface area contributed by atoms with E-state index in [2.05, 4.69) is 98.0 Å². The SMILES string of the molecule is CCCCCC[Si]1(CCCCCC)c2c(sc3cc(/C=C/C4=C(C#N)C(=C(C#N)C#N)OC4(C)C)sc23)-c2sc3cc(C4C=CC(N(C)C)=CC4)sc3c21. The maximum atomic E-state index is 10.1. The van der Waals surface area contributed by atoms with Crippen LogP contribution in [0.4, 0.5) is 0 Å². The largest absolute Gasteiger partial charge is 0.480 e. The third-order valence-corrected chi connectivity index (χ3v) is 22.4. The smallest absolute Gasteiger partial charge is 0.172 e. The van der Waals surface area contributed by atoms with Gasteiger partial charge in [-0.25, -0.2) is 0 Å². The quantitative estimate of drug-likeness (QED) is 0.0720.